The van der Waals surface area contributed by atoms with Gasteiger partial charge in [-0.2, -0.15) is 0 Å². The van der Waals surface area contributed by atoms with Gasteiger partial charge in [0.15, 0.2) is 0 Å². The maximum atomic E-state index is 12.7. The van der Waals surface area contributed by atoms with E-state index in [1.54, 1.807) is 4.90 Å². The van der Waals surface area contributed by atoms with Crippen molar-refractivity contribution in [3.63, 3.8) is 0 Å². The van der Waals surface area contributed by atoms with Gasteiger partial charge < -0.3 is 20.1 Å². The SMILES string of the molecule is CN(C)c1nnc(C2=C(C(=O)[O-])N3C(=O)C(NC(=O)Cc4ccccc4)[C@H]3SC2)s1.[Na+]. The predicted octanol–water partition coefficient (Wildman–Crippen LogP) is -3.29. The van der Waals surface area contributed by atoms with Gasteiger partial charge in [0.2, 0.25) is 11.0 Å². The van der Waals surface area contributed by atoms with Crippen LogP contribution in [-0.4, -0.2) is 64.1 Å². The fraction of sp³-hybridized carbons (Fsp3) is 0.316. The van der Waals surface area contributed by atoms with E-state index >= 15 is 0 Å². The largest absolute Gasteiger partial charge is 1.00 e. The van der Waals surface area contributed by atoms with Crippen molar-refractivity contribution < 1.29 is 49.0 Å². The second-order valence-electron chi connectivity index (χ2n) is 7.02. The molecule has 1 N–H and O–H groups in total. The summed E-state index contributed by atoms with van der Waals surface area (Å²) in [6, 6.07) is 8.42. The first kappa shape index (κ1) is 23.7. The van der Waals surface area contributed by atoms with Gasteiger partial charge in [0.25, 0.3) is 5.91 Å². The molecule has 9 nitrogen and oxygen atoms in total. The van der Waals surface area contributed by atoms with Gasteiger partial charge in [-0.1, -0.05) is 41.7 Å². The van der Waals surface area contributed by atoms with Crippen molar-refractivity contribution in [1.82, 2.24) is 20.4 Å². The van der Waals surface area contributed by atoms with E-state index < -0.39 is 23.3 Å². The molecule has 2 aliphatic heterocycles. The summed E-state index contributed by atoms with van der Waals surface area (Å²) in [5.74, 6) is -1.88. The Hall–Kier alpha value is -1.92. The van der Waals surface area contributed by atoms with Gasteiger partial charge in [-0.15, -0.1) is 22.0 Å². The Labute approximate surface area is 209 Å². The molecule has 1 unspecified atom stereocenters. The molecule has 1 saturated heterocycles. The number of hydrogen-bond acceptors (Lipinski definition) is 9. The Kier molecular flexibility index (Phi) is 7.43. The average molecular weight is 468 g/mol. The van der Waals surface area contributed by atoms with Crippen LogP contribution in [0, 0.1) is 0 Å². The molecule has 1 aromatic carbocycles. The van der Waals surface area contributed by atoms with Crippen molar-refractivity contribution in [3.8, 4) is 0 Å². The van der Waals surface area contributed by atoms with Gasteiger partial charge in [-0.05, 0) is 5.56 Å². The Bertz CT molecular complexity index is 1040. The average Bonchev–Trinajstić information content (AvgIpc) is 3.22. The molecule has 1 fully saturated rings. The standard InChI is InChI=1S/C19H19N5O4S2.Na/c1-23(2)19-22-21-15(30-19)11-9-29-17-13(16(26)24(17)14(11)18(27)28)20-12(25)8-10-6-4-3-5-7-10;/h3-7,13,17H,8-9H2,1-2H3,(H,20,25)(H,27,28);/q;+1/p-1/t13?,17-;/m1./s1. The number of thioether (sulfide) groups is 1. The topological polar surface area (TPSA) is 119 Å². The van der Waals surface area contributed by atoms with Gasteiger partial charge in [-0.25, -0.2) is 0 Å². The third-order valence-corrected chi connectivity index (χ3v) is 7.17. The summed E-state index contributed by atoms with van der Waals surface area (Å²) in [5.41, 5.74) is 1.04. The van der Waals surface area contributed by atoms with E-state index in [2.05, 4.69) is 15.5 Å². The number of fused-ring (bicyclic) bond motifs is 1. The van der Waals surface area contributed by atoms with E-state index in [1.807, 2.05) is 44.4 Å². The minimum Gasteiger partial charge on any atom is -0.543 e. The summed E-state index contributed by atoms with van der Waals surface area (Å²) in [5, 5.41) is 23.3. The molecule has 0 aliphatic carbocycles. The molecule has 4 rings (SSSR count). The molecular formula is C19H18N5NaO4S2. The number of benzene rings is 1. The number of β-lactam (4-membered cyclic amide) rings is 1. The van der Waals surface area contributed by atoms with E-state index in [0.717, 1.165) is 5.56 Å². The van der Waals surface area contributed by atoms with Gasteiger partial charge in [-0.3, -0.25) is 14.5 Å². The smallest absolute Gasteiger partial charge is 0.543 e. The molecule has 0 spiro atoms. The molecule has 2 atom stereocenters. The van der Waals surface area contributed by atoms with Crippen LogP contribution in [0.5, 0.6) is 0 Å². The summed E-state index contributed by atoms with van der Waals surface area (Å²) in [6.07, 6.45) is 0.147. The van der Waals surface area contributed by atoms with Gasteiger partial charge >= 0.3 is 29.6 Å². The quantitative estimate of drug-likeness (QED) is 0.347. The van der Waals surface area contributed by atoms with Gasteiger partial charge in [0.05, 0.1) is 18.1 Å². The Balaban J connectivity index is 0.00000272. The minimum atomic E-state index is -1.45. The van der Waals surface area contributed by atoms with Crippen molar-refractivity contribution in [1.29, 1.82) is 0 Å². The number of hydrogen-bond donors (Lipinski definition) is 1. The fourth-order valence-corrected chi connectivity index (χ4v) is 5.54. The number of nitrogens with zero attached hydrogens (tertiary/aromatic N) is 4. The van der Waals surface area contributed by atoms with Crippen LogP contribution in [-0.2, 0) is 20.8 Å². The second kappa shape index (κ2) is 9.70. The number of carboxylic acid groups (broad SMARTS) is 1. The molecule has 3 heterocycles. The molecule has 2 amide bonds. The summed E-state index contributed by atoms with van der Waals surface area (Å²) < 4.78 is 0. The Morgan fingerprint density at radius 1 is 1.26 bits per heavy atom. The Morgan fingerprint density at radius 2 is 1.97 bits per heavy atom. The second-order valence-corrected chi connectivity index (χ2v) is 9.08. The van der Waals surface area contributed by atoms with Crippen LogP contribution >= 0.6 is 23.1 Å². The summed E-state index contributed by atoms with van der Waals surface area (Å²) in [4.78, 5) is 39.9. The fourth-order valence-electron chi connectivity index (χ4n) is 3.30. The number of rotatable bonds is 6. The van der Waals surface area contributed by atoms with Gasteiger partial charge in [0, 0.05) is 25.4 Å². The zero-order valence-corrected chi connectivity index (χ0v) is 20.8. The van der Waals surface area contributed by atoms with Gasteiger partial charge in [0.1, 0.15) is 16.4 Å². The van der Waals surface area contributed by atoms with Crippen molar-refractivity contribution in [3.05, 3.63) is 46.6 Å². The molecular weight excluding hydrogens is 449 g/mol. The van der Waals surface area contributed by atoms with Crippen molar-refractivity contribution in [2.75, 3.05) is 24.7 Å². The van der Waals surface area contributed by atoms with E-state index in [-0.39, 0.29) is 47.6 Å². The van der Waals surface area contributed by atoms with Crippen LogP contribution in [0.2, 0.25) is 0 Å². The van der Waals surface area contributed by atoms with Crippen molar-refractivity contribution in [2.24, 2.45) is 0 Å². The number of carbonyl (C=O) groups excluding carboxylic acids is 3. The van der Waals surface area contributed by atoms with E-state index in [0.29, 0.717) is 21.5 Å². The number of nitrogens with one attached hydrogen (secondary N) is 1. The number of anilines is 1. The first-order chi connectivity index (χ1) is 14.4. The minimum absolute atomic E-state index is 0. The number of amides is 2. The third kappa shape index (κ3) is 4.65. The molecule has 156 valence electrons. The van der Waals surface area contributed by atoms with Crippen LogP contribution < -0.4 is 44.9 Å². The third-order valence-electron chi connectivity index (χ3n) is 4.74. The van der Waals surface area contributed by atoms with Crippen LogP contribution in [0.15, 0.2) is 36.0 Å². The van der Waals surface area contributed by atoms with Crippen LogP contribution in [0.25, 0.3) is 5.57 Å². The molecule has 12 heteroatoms. The maximum Gasteiger partial charge on any atom is 1.00 e. The molecule has 1 aromatic heterocycles. The van der Waals surface area contributed by atoms with Crippen LogP contribution in [0.4, 0.5) is 5.13 Å². The Morgan fingerprint density at radius 3 is 2.58 bits per heavy atom. The monoisotopic (exact) mass is 467 g/mol. The zero-order valence-electron chi connectivity index (χ0n) is 17.2. The molecule has 2 aliphatic rings. The molecule has 0 radical (unpaired) electrons. The van der Waals surface area contributed by atoms with Crippen LogP contribution in [0.3, 0.4) is 0 Å². The molecule has 2 aromatic rings. The first-order valence-electron chi connectivity index (χ1n) is 9.10. The number of carbonyl (C=O) groups is 3. The number of aromatic nitrogens is 2. The van der Waals surface area contributed by atoms with Crippen LogP contribution in [0.1, 0.15) is 10.6 Å². The normalized spacial score (nSPS) is 19.8. The predicted molar refractivity (Wildman–Crippen MR) is 111 cm³/mol. The first-order valence-corrected chi connectivity index (χ1v) is 11.0. The van der Waals surface area contributed by atoms with E-state index in [1.165, 1.54) is 28.0 Å². The number of carboxylic acids is 1. The molecule has 31 heavy (non-hydrogen) atoms. The zero-order chi connectivity index (χ0) is 21.4. The van der Waals surface area contributed by atoms with E-state index in [4.69, 9.17) is 0 Å². The summed E-state index contributed by atoms with van der Waals surface area (Å²) in [7, 11) is 3.62. The maximum absolute atomic E-state index is 12.7. The van der Waals surface area contributed by atoms with Crippen molar-refractivity contribution >= 4 is 51.6 Å². The molecule has 0 saturated carbocycles. The van der Waals surface area contributed by atoms with Crippen molar-refractivity contribution in [2.45, 2.75) is 17.8 Å². The molecule has 0 bridgehead atoms. The number of aliphatic carboxylic acids is 1. The summed E-state index contributed by atoms with van der Waals surface area (Å²) >= 11 is 2.63. The summed E-state index contributed by atoms with van der Waals surface area (Å²) in [6.45, 7) is 0. The van der Waals surface area contributed by atoms with E-state index in [9.17, 15) is 19.5 Å².